The minimum absolute atomic E-state index is 0.00932. The molecule has 0 aliphatic carbocycles. The van der Waals surface area contributed by atoms with E-state index in [2.05, 4.69) is 5.10 Å². The van der Waals surface area contributed by atoms with E-state index in [-0.39, 0.29) is 24.4 Å². The van der Waals surface area contributed by atoms with Crippen LogP contribution in [0.15, 0.2) is 59.7 Å². The molecular formula is C22H25N3O3. The fourth-order valence-electron chi connectivity index (χ4n) is 3.27. The normalized spacial score (nSPS) is 15.9. The number of methoxy groups -OCH3 is 1. The number of ether oxygens (including phenoxy) is 1. The van der Waals surface area contributed by atoms with Crippen molar-refractivity contribution in [2.75, 3.05) is 20.7 Å². The molecule has 146 valence electrons. The first-order chi connectivity index (χ1) is 13.5. The Hall–Kier alpha value is -3.15. The lowest BCUT2D eigenvalue weighted by atomic mass is 9.98. The summed E-state index contributed by atoms with van der Waals surface area (Å²) in [7, 11) is 3.27. The van der Waals surface area contributed by atoms with Crippen molar-refractivity contribution in [2.45, 2.75) is 25.8 Å². The first kappa shape index (κ1) is 19.6. The van der Waals surface area contributed by atoms with Crippen LogP contribution in [0.5, 0.6) is 5.75 Å². The molecule has 1 aliphatic heterocycles. The zero-order valence-corrected chi connectivity index (χ0v) is 16.5. The molecule has 0 radical (unpaired) electrons. The third kappa shape index (κ3) is 4.22. The Bertz CT molecular complexity index is 862. The fourth-order valence-corrected chi connectivity index (χ4v) is 3.27. The summed E-state index contributed by atoms with van der Waals surface area (Å²) < 4.78 is 5.22. The molecule has 0 unspecified atom stereocenters. The first-order valence-corrected chi connectivity index (χ1v) is 9.36. The lowest BCUT2D eigenvalue weighted by Crippen LogP contribution is -2.38. The predicted octanol–water partition coefficient (Wildman–Crippen LogP) is 3.24. The van der Waals surface area contributed by atoms with Gasteiger partial charge in [0.2, 0.25) is 5.91 Å². The van der Waals surface area contributed by atoms with Crippen molar-refractivity contribution in [3.8, 4) is 5.75 Å². The summed E-state index contributed by atoms with van der Waals surface area (Å²) in [6.07, 6.45) is 0.986. The number of carbonyl (C=O) groups excluding carboxylic acids is 2. The minimum atomic E-state index is -0.193. The van der Waals surface area contributed by atoms with E-state index in [0.717, 1.165) is 22.6 Å². The van der Waals surface area contributed by atoms with Gasteiger partial charge < -0.3 is 9.64 Å². The minimum Gasteiger partial charge on any atom is -0.497 e. The average Bonchev–Trinajstić information content (AvgIpc) is 3.19. The molecule has 0 fully saturated rings. The highest BCUT2D eigenvalue weighted by Crippen LogP contribution is 2.33. The van der Waals surface area contributed by atoms with E-state index in [4.69, 9.17) is 4.74 Å². The van der Waals surface area contributed by atoms with Gasteiger partial charge in [0.05, 0.1) is 18.9 Å². The van der Waals surface area contributed by atoms with Crippen LogP contribution >= 0.6 is 0 Å². The molecular weight excluding hydrogens is 354 g/mol. The number of likely N-dealkylation sites (N-methyl/N-ethyl adjacent to an activating group) is 1. The molecule has 1 heterocycles. The van der Waals surface area contributed by atoms with Crippen LogP contribution in [0.2, 0.25) is 0 Å². The Labute approximate surface area is 165 Å². The van der Waals surface area contributed by atoms with Crippen LogP contribution in [0.4, 0.5) is 0 Å². The van der Waals surface area contributed by atoms with Gasteiger partial charge in [0.15, 0.2) is 0 Å². The molecule has 0 bridgehead atoms. The standard InChI is InChI=1S/C22H25N3O3/c1-4-21(26)24(2)15-22(27)25-20(17-8-6-5-7-9-17)14-19(23-25)16-10-12-18(28-3)13-11-16/h5-13,20H,4,14-15H2,1-3H3/t20-/m1/s1. The van der Waals surface area contributed by atoms with Gasteiger partial charge in [-0.25, -0.2) is 5.01 Å². The number of carbonyl (C=O) groups is 2. The highest BCUT2D eigenvalue weighted by Gasteiger charge is 2.33. The molecule has 0 aromatic heterocycles. The second kappa shape index (κ2) is 8.69. The number of nitrogens with zero attached hydrogens (tertiary/aromatic N) is 3. The summed E-state index contributed by atoms with van der Waals surface area (Å²) in [5, 5.41) is 6.15. The van der Waals surface area contributed by atoms with Gasteiger partial charge in [0.25, 0.3) is 5.91 Å². The van der Waals surface area contributed by atoms with Crippen LogP contribution in [0, 0.1) is 0 Å². The highest BCUT2D eigenvalue weighted by molar-refractivity contribution is 6.03. The maximum atomic E-state index is 12.9. The smallest absolute Gasteiger partial charge is 0.262 e. The van der Waals surface area contributed by atoms with Gasteiger partial charge >= 0.3 is 0 Å². The fraction of sp³-hybridized carbons (Fsp3) is 0.318. The second-order valence-electron chi connectivity index (χ2n) is 6.75. The Balaban J connectivity index is 1.87. The molecule has 0 saturated carbocycles. The van der Waals surface area contributed by atoms with Crippen molar-refractivity contribution in [3.05, 3.63) is 65.7 Å². The van der Waals surface area contributed by atoms with Crippen molar-refractivity contribution in [2.24, 2.45) is 5.10 Å². The molecule has 0 saturated heterocycles. The van der Waals surface area contributed by atoms with Gasteiger partial charge in [-0.1, -0.05) is 37.3 Å². The largest absolute Gasteiger partial charge is 0.497 e. The van der Waals surface area contributed by atoms with E-state index in [0.29, 0.717) is 12.8 Å². The SMILES string of the molecule is CCC(=O)N(C)CC(=O)N1N=C(c2ccc(OC)cc2)C[C@@H]1c1ccccc1. The van der Waals surface area contributed by atoms with Crippen LogP contribution in [-0.4, -0.2) is 48.1 Å². The number of amides is 2. The molecule has 0 N–H and O–H groups in total. The summed E-state index contributed by atoms with van der Waals surface area (Å²) >= 11 is 0. The van der Waals surface area contributed by atoms with Gasteiger partial charge in [-0.3, -0.25) is 9.59 Å². The van der Waals surface area contributed by atoms with E-state index >= 15 is 0 Å². The molecule has 2 amide bonds. The van der Waals surface area contributed by atoms with Gasteiger partial charge in [-0.15, -0.1) is 0 Å². The van der Waals surface area contributed by atoms with Crippen molar-refractivity contribution >= 4 is 17.5 Å². The molecule has 6 nitrogen and oxygen atoms in total. The summed E-state index contributed by atoms with van der Waals surface area (Å²) in [6, 6.07) is 17.3. The van der Waals surface area contributed by atoms with E-state index in [9.17, 15) is 9.59 Å². The number of hydrogen-bond acceptors (Lipinski definition) is 4. The first-order valence-electron chi connectivity index (χ1n) is 9.36. The maximum Gasteiger partial charge on any atom is 0.262 e. The Morgan fingerprint density at radius 3 is 2.43 bits per heavy atom. The molecule has 28 heavy (non-hydrogen) atoms. The van der Waals surface area contributed by atoms with E-state index < -0.39 is 0 Å². The quantitative estimate of drug-likeness (QED) is 0.774. The van der Waals surface area contributed by atoms with Crippen molar-refractivity contribution < 1.29 is 14.3 Å². The molecule has 0 spiro atoms. The van der Waals surface area contributed by atoms with Crippen molar-refractivity contribution in [1.82, 2.24) is 9.91 Å². The number of hydrazone groups is 1. The zero-order valence-electron chi connectivity index (χ0n) is 16.5. The zero-order chi connectivity index (χ0) is 20.1. The van der Waals surface area contributed by atoms with Crippen LogP contribution in [0.1, 0.15) is 36.9 Å². The Kier molecular flexibility index (Phi) is 6.09. The van der Waals surface area contributed by atoms with Crippen molar-refractivity contribution in [1.29, 1.82) is 0 Å². The molecule has 3 rings (SSSR count). The van der Waals surface area contributed by atoms with E-state index in [1.165, 1.54) is 9.91 Å². The number of hydrogen-bond donors (Lipinski definition) is 0. The van der Waals surface area contributed by atoms with Crippen LogP contribution in [-0.2, 0) is 9.59 Å². The van der Waals surface area contributed by atoms with Gasteiger partial charge in [0, 0.05) is 19.9 Å². The predicted molar refractivity (Wildman–Crippen MR) is 108 cm³/mol. The lowest BCUT2D eigenvalue weighted by Gasteiger charge is -2.24. The third-order valence-electron chi connectivity index (χ3n) is 4.87. The molecule has 6 heteroatoms. The molecule has 1 atom stereocenters. The summed E-state index contributed by atoms with van der Waals surface area (Å²) in [6.45, 7) is 1.79. The third-order valence-corrected chi connectivity index (χ3v) is 4.87. The van der Waals surface area contributed by atoms with Crippen LogP contribution in [0.3, 0.4) is 0 Å². The van der Waals surface area contributed by atoms with Crippen molar-refractivity contribution in [3.63, 3.8) is 0 Å². The molecule has 2 aromatic carbocycles. The summed E-state index contributed by atoms with van der Waals surface area (Å²) in [4.78, 5) is 26.3. The van der Waals surface area contributed by atoms with E-state index in [1.807, 2.05) is 54.6 Å². The van der Waals surface area contributed by atoms with Crippen LogP contribution < -0.4 is 4.74 Å². The average molecular weight is 379 g/mol. The summed E-state index contributed by atoms with van der Waals surface area (Å²) in [5.41, 5.74) is 2.82. The topological polar surface area (TPSA) is 62.2 Å². The number of rotatable bonds is 6. The van der Waals surface area contributed by atoms with Gasteiger partial charge in [-0.2, -0.15) is 5.10 Å². The maximum absolute atomic E-state index is 12.9. The van der Waals surface area contributed by atoms with Crippen LogP contribution in [0.25, 0.3) is 0 Å². The van der Waals surface area contributed by atoms with E-state index in [1.54, 1.807) is 21.1 Å². The Morgan fingerprint density at radius 2 is 1.82 bits per heavy atom. The monoisotopic (exact) mass is 379 g/mol. The van der Waals surface area contributed by atoms with Gasteiger partial charge in [0.1, 0.15) is 12.3 Å². The number of benzene rings is 2. The lowest BCUT2D eigenvalue weighted by molar-refractivity contribution is -0.140. The second-order valence-corrected chi connectivity index (χ2v) is 6.75. The Morgan fingerprint density at radius 1 is 1.14 bits per heavy atom. The highest BCUT2D eigenvalue weighted by atomic mass is 16.5. The molecule has 2 aromatic rings. The summed E-state index contributed by atoms with van der Waals surface area (Å²) in [5.74, 6) is 0.513. The van der Waals surface area contributed by atoms with Gasteiger partial charge in [-0.05, 0) is 35.4 Å². The molecule has 1 aliphatic rings.